The fourth-order valence-electron chi connectivity index (χ4n) is 3.29. The Bertz CT molecular complexity index is 931. The standard InChI is InChI=1S/C21H31N7O/c1-6-16(21(4,5)29)25-20-26-18(23-11-9-15-8-7-10-22-12-15)17-19(27-20)28(13-24-17)14(2)3/h7-8,10,12-14,16,29H,6,9,11H2,1-5H3,(H2,23,25,26,27). The molecule has 0 radical (unpaired) electrons. The topological polar surface area (TPSA) is 101 Å². The molecule has 0 amide bonds. The summed E-state index contributed by atoms with van der Waals surface area (Å²) in [4.78, 5) is 18.1. The fourth-order valence-corrected chi connectivity index (χ4v) is 3.29. The third kappa shape index (κ3) is 5.00. The molecule has 3 rings (SSSR count). The summed E-state index contributed by atoms with van der Waals surface area (Å²) in [5.41, 5.74) is 1.78. The Hall–Kier alpha value is -2.74. The molecule has 0 bridgehead atoms. The molecule has 3 aromatic rings. The summed E-state index contributed by atoms with van der Waals surface area (Å²) in [5, 5.41) is 17.1. The first-order chi connectivity index (χ1) is 13.8. The SMILES string of the molecule is CCC(Nc1nc(NCCc2cccnc2)c2ncn(C(C)C)c2n1)C(C)(C)O. The molecule has 8 nitrogen and oxygen atoms in total. The highest BCUT2D eigenvalue weighted by Gasteiger charge is 2.26. The maximum atomic E-state index is 10.4. The number of imidazole rings is 1. The van der Waals surface area contributed by atoms with Crippen molar-refractivity contribution in [1.29, 1.82) is 0 Å². The van der Waals surface area contributed by atoms with Gasteiger partial charge in [0.15, 0.2) is 17.0 Å². The van der Waals surface area contributed by atoms with Gasteiger partial charge in [-0.3, -0.25) is 4.98 Å². The smallest absolute Gasteiger partial charge is 0.227 e. The maximum absolute atomic E-state index is 10.4. The zero-order valence-corrected chi connectivity index (χ0v) is 17.8. The Morgan fingerprint density at radius 2 is 2.03 bits per heavy atom. The molecule has 0 aromatic carbocycles. The minimum Gasteiger partial charge on any atom is -0.388 e. The van der Waals surface area contributed by atoms with E-state index in [1.54, 1.807) is 26.4 Å². The molecule has 1 unspecified atom stereocenters. The second-order valence-corrected chi connectivity index (χ2v) is 8.11. The van der Waals surface area contributed by atoms with Crippen LogP contribution in [0.2, 0.25) is 0 Å². The molecule has 0 aliphatic heterocycles. The highest BCUT2D eigenvalue weighted by Crippen LogP contribution is 2.25. The van der Waals surface area contributed by atoms with Gasteiger partial charge in [0, 0.05) is 25.0 Å². The van der Waals surface area contributed by atoms with Crippen LogP contribution in [-0.2, 0) is 6.42 Å². The van der Waals surface area contributed by atoms with Crippen LogP contribution in [0, 0.1) is 0 Å². The van der Waals surface area contributed by atoms with E-state index in [2.05, 4.69) is 45.5 Å². The van der Waals surface area contributed by atoms with Crippen LogP contribution in [0.3, 0.4) is 0 Å². The largest absolute Gasteiger partial charge is 0.388 e. The summed E-state index contributed by atoms with van der Waals surface area (Å²) in [5.74, 6) is 1.17. The van der Waals surface area contributed by atoms with Gasteiger partial charge in [-0.2, -0.15) is 9.97 Å². The average molecular weight is 398 g/mol. The molecule has 8 heteroatoms. The van der Waals surface area contributed by atoms with Gasteiger partial charge in [-0.1, -0.05) is 13.0 Å². The molecule has 0 saturated heterocycles. The van der Waals surface area contributed by atoms with Gasteiger partial charge in [0.25, 0.3) is 0 Å². The van der Waals surface area contributed by atoms with E-state index in [1.807, 2.05) is 23.8 Å². The fraction of sp³-hybridized carbons (Fsp3) is 0.524. The molecule has 1 atom stereocenters. The molecular formula is C21H31N7O. The summed E-state index contributed by atoms with van der Waals surface area (Å²) >= 11 is 0. The Kier molecular flexibility index (Phi) is 6.32. The van der Waals surface area contributed by atoms with Gasteiger partial charge in [-0.25, -0.2) is 4.98 Å². The Labute approximate surface area is 171 Å². The third-order valence-electron chi connectivity index (χ3n) is 4.97. The van der Waals surface area contributed by atoms with Crippen molar-refractivity contribution in [3.8, 4) is 0 Å². The molecule has 3 N–H and O–H groups in total. The number of rotatable bonds is 9. The minimum absolute atomic E-state index is 0.168. The lowest BCUT2D eigenvalue weighted by Crippen LogP contribution is -2.41. The van der Waals surface area contributed by atoms with Gasteiger partial charge in [-0.05, 0) is 52.2 Å². The van der Waals surface area contributed by atoms with E-state index >= 15 is 0 Å². The molecule has 3 heterocycles. The number of fused-ring (bicyclic) bond motifs is 1. The second kappa shape index (κ2) is 8.73. The van der Waals surface area contributed by atoms with Crippen LogP contribution in [0.4, 0.5) is 11.8 Å². The van der Waals surface area contributed by atoms with Gasteiger partial charge in [0.05, 0.1) is 18.0 Å². The van der Waals surface area contributed by atoms with Gasteiger partial charge in [-0.15, -0.1) is 0 Å². The van der Waals surface area contributed by atoms with Gasteiger partial charge >= 0.3 is 0 Å². The predicted octanol–water partition coefficient (Wildman–Crippen LogP) is 3.42. The molecule has 0 spiro atoms. The number of aromatic nitrogens is 5. The van der Waals surface area contributed by atoms with Crippen molar-refractivity contribution in [3.63, 3.8) is 0 Å². The second-order valence-electron chi connectivity index (χ2n) is 8.11. The summed E-state index contributed by atoms with van der Waals surface area (Å²) in [7, 11) is 0. The maximum Gasteiger partial charge on any atom is 0.227 e. The van der Waals surface area contributed by atoms with E-state index in [0.29, 0.717) is 18.3 Å². The van der Waals surface area contributed by atoms with Crippen molar-refractivity contribution in [2.75, 3.05) is 17.2 Å². The minimum atomic E-state index is -0.890. The van der Waals surface area contributed by atoms with Crippen molar-refractivity contribution < 1.29 is 5.11 Å². The van der Waals surface area contributed by atoms with Crippen LogP contribution in [0.5, 0.6) is 0 Å². The number of aliphatic hydroxyl groups is 1. The van der Waals surface area contributed by atoms with Crippen LogP contribution < -0.4 is 10.6 Å². The van der Waals surface area contributed by atoms with Crippen molar-refractivity contribution >= 4 is 22.9 Å². The summed E-state index contributed by atoms with van der Waals surface area (Å²) < 4.78 is 2.03. The van der Waals surface area contributed by atoms with Crippen LogP contribution >= 0.6 is 0 Å². The van der Waals surface area contributed by atoms with Crippen molar-refractivity contribution in [3.05, 3.63) is 36.4 Å². The molecule has 0 aliphatic carbocycles. The van der Waals surface area contributed by atoms with Crippen molar-refractivity contribution in [1.82, 2.24) is 24.5 Å². The van der Waals surface area contributed by atoms with Gasteiger partial charge in [0.1, 0.15) is 0 Å². The number of nitrogens with zero attached hydrogens (tertiary/aromatic N) is 5. The lowest BCUT2D eigenvalue weighted by Gasteiger charge is -2.29. The zero-order chi connectivity index (χ0) is 21.0. The average Bonchev–Trinajstić information content (AvgIpc) is 3.10. The Morgan fingerprint density at radius 1 is 1.24 bits per heavy atom. The zero-order valence-electron chi connectivity index (χ0n) is 17.8. The molecule has 0 fully saturated rings. The van der Waals surface area contributed by atoms with Crippen LogP contribution in [-0.4, -0.2) is 47.8 Å². The monoisotopic (exact) mass is 397 g/mol. The van der Waals surface area contributed by atoms with Crippen molar-refractivity contribution in [2.45, 2.75) is 65.1 Å². The van der Waals surface area contributed by atoms with E-state index in [9.17, 15) is 5.11 Å². The summed E-state index contributed by atoms with van der Waals surface area (Å²) in [6, 6.07) is 4.05. The number of nitrogens with one attached hydrogen (secondary N) is 2. The normalized spacial score (nSPS) is 13.1. The number of anilines is 2. The van der Waals surface area contributed by atoms with E-state index in [1.165, 1.54) is 0 Å². The first-order valence-corrected chi connectivity index (χ1v) is 10.2. The molecule has 29 heavy (non-hydrogen) atoms. The number of hydrogen-bond donors (Lipinski definition) is 3. The number of pyridine rings is 1. The van der Waals surface area contributed by atoms with Crippen LogP contribution in [0.1, 0.15) is 52.6 Å². The van der Waals surface area contributed by atoms with E-state index in [4.69, 9.17) is 4.98 Å². The summed E-state index contributed by atoms with van der Waals surface area (Å²) in [6.07, 6.45) is 7.01. The molecule has 156 valence electrons. The third-order valence-corrected chi connectivity index (χ3v) is 4.97. The van der Waals surface area contributed by atoms with Gasteiger partial charge < -0.3 is 20.3 Å². The first-order valence-electron chi connectivity index (χ1n) is 10.2. The van der Waals surface area contributed by atoms with Crippen LogP contribution in [0.15, 0.2) is 30.9 Å². The lowest BCUT2D eigenvalue weighted by molar-refractivity contribution is 0.0577. The Morgan fingerprint density at radius 3 is 2.66 bits per heavy atom. The quantitative estimate of drug-likeness (QED) is 0.508. The highest BCUT2D eigenvalue weighted by molar-refractivity contribution is 5.84. The summed E-state index contributed by atoms with van der Waals surface area (Å²) in [6.45, 7) is 10.5. The van der Waals surface area contributed by atoms with Crippen LogP contribution in [0.25, 0.3) is 11.2 Å². The first kappa shape index (κ1) is 21.0. The highest BCUT2D eigenvalue weighted by atomic mass is 16.3. The van der Waals surface area contributed by atoms with E-state index < -0.39 is 5.60 Å². The molecule has 0 saturated carbocycles. The van der Waals surface area contributed by atoms with Gasteiger partial charge in [0.2, 0.25) is 5.95 Å². The Balaban J connectivity index is 1.90. The number of hydrogen-bond acceptors (Lipinski definition) is 7. The lowest BCUT2D eigenvalue weighted by atomic mass is 9.97. The van der Waals surface area contributed by atoms with E-state index in [-0.39, 0.29) is 12.1 Å². The van der Waals surface area contributed by atoms with Crippen molar-refractivity contribution in [2.24, 2.45) is 0 Å². The predicted molar refractivity (Wildman–Crippen MR) is 116 cm³/mol. The molecule has 0 aliphatic rings. The van der Waals surface area contributed by atoms with E-state index in [0.717, 1.165) is 29.6 Å². The molecule has 3 aromatic heterocycles. The molecular weight excluding hydrogens is 366 g/mol.